The van der Waals surface area contributed by atoms with Crippen LogP contribution in [0.2, 0.25) is 5.02 Å². The van der Waals surface area contributed by atoms with Crippen molar-refractivity contribution in [1.29, 1.82) is 0 Å². The van der Waals surface area contributed by atoms with E-state index >= 15 is 0 Å². The number of anilines is 1. The SMILES string of the molecule is CCCCN(CC)S(=O)(=O)c1cc(N)c(C)cc1Cl. The van der Waals surface area contributed by atoms with Crippen molar-refractivity contribution >= 4 is 27.3 Å². The molecule has 1 aromatic carbocycles. The Hall–Kier alpha value is -0.780. The summed E-state index contributed by atoms with van der Waals surface area (Å²) in [6.45, 7) is 6.56. The van der Waals surface area contributed by atoms with Crippen molar-refractivity contribution in [2.45, 2.75) is 38.5 Å². The second-order valence-corrected chi connectivity index (χ2v) is 6.80. The highest BCUT2D eigenvalue weighted by atomic mass is 35.5. The number of hydrogen-bond donors (Lipinski definition) is 1. The maximum absolute atomic E-state index is 12.5. The van der Waals surface area contributed by atoms with Gasteiger partial charge in [-0.3, -0.25) is 0 Å². The molecule has 108 valence electrons. The molecule has 2 N–H and O–H groups in total. The van der Waals surface area contributed by atoms with Crippen molar-refractivity contribution in [2.24, 2.45) is 0 Å². The van der Waals surface area contributed by atoms with Crippen molar-refractivity contribution in [3.05, 3.63) is 22.7 Å². The minimum Gasteiger partial charge on any atom is -0.398 e. The molecule has 0 unspecified atom stereocenters. The number of halogens is 1. The number of sulfonamides is 1. The number of nitrogens with zero attached hydrogens (tertiary/aromatic N) is 1. The third-order valence-electron chi connectivity index (χ3n) is 3.05. The molecule has 0 radical (unpaired) electrons. The van der Waals surface area contributed by atoms with Gasteiger partial charge in [0.1, 0.15) is 4.90 Å². The number of unbranched alkanes of at least 4 members (excludes halogenated alkanes) is 1. The average molecular weight is 305 g/mol. The van der Waals surface area contributed by atoms with E-state index in [0.29, 0.717) is 18.8 Å². The fourth-order valence-electron chi connectivity index (χ4n) is 1.79. The van der Waals surface area contributed by atoms with Crippen LogP contribution in [-0.2, 0) is 10.0 Å². The molecule has 0 aliphatic rings. The Morgan fingerprint density at radius 2 is 1.95 bits per heavy atom. The summed E-state index contributed by atoms with van der Waals surface area (Å²) in [6, 6.07) is 3.04. The van der Waals surface area contributed by atoms with E-state index in [9.17, 15) is 8.42 Å². The minimum atomic E-state index is -3.57. The zero-order valence-electron chi connectivity index (χ0n) is 11.6. The normalized spacial score (nSPS) is 12.1. The maximum Gasteiger partial charge on any atom is 0.244 e. The van der Waals surface area contributed by atoms with Gasteiger partial charge in [-0.2, -0.15) is 4.31 Å². The maximum atomic E-state index is 12.5. The van der Waals surface area contributed by atoms with Crippen LogP contribution in [0, 0.1) is 6.92 Å². The van der Waals surface area contributed by atoms with Gasteiger partial charge in [-0.25, -0.2) is 8.42 Å². The van der Waals surface area contributed by atoms with E-state index in [1.54, 1.807) is 13.0 Å². The highest BCUT2D eigenvalue weighted by Crippen LogP contribution is 2.29. The zero-order valence-corrected chi connectivity index (χ0v) is 13.2. The Labute approximate surface area is 120 Å². The Balaban J connectivity index is 3.22. The second kappa shape index (κ2) is 6.59. The third-order valence-corrected chi connectivity index (χ3v) is 5.49. The summed E-state index contributed by atoms with van der Waals surface area (Å²) in [7, 11) is -3.57. The molecule has 19 heavy (non-hydrogen) atoms. The molecule has 0 aliphatic carbocycles. The fourth-order valence-corrected chi connectivity index (χ4v) is 3.87. The lowest BCUT2D eigenvalue weighted by Gasteiger charge is -2.21. The Morgan fingerprint density at radius 1 is 1.32 bits per heavy atom. The molecular formula is C13H21ClN2O2S. The second-order valence-electron chi connectivity index (χ2n) is 4.49. The molecule has 0 saturated carbocycles. The van der Waals surface area contributed by atoms with Crippen molar-refractivity contribution in [3.63, 3.8) is 0 Å². The van der Waals surface area contributed by atoms with E-state index in [0.717, 1.165) is 18.4 Å². The third kappa shape index (κ3) is 3.61. The van der Waals surface area contributed by atoms with Crippen molar-refractivity contribution in [1.82, 2.24) is 4.31 Å². The van der Waals surface area contributed by atoms with E-state index in [1.165, 1.54) is 10.4 Å². The van der Waals surface area contributed by atoms with Gasteiger partial charge in [0.2, 0.25) is 10.0 Å². The average Bonchev–Trinajstić information content (AvgIpc) is 2.34. The molecular weight excluding hydrogens is 284 g/mol. The monoisotopic (exact) mass is 304 g/mol. The van der Waals surface area contributed by atoms with Crippen LogP contribution in [0.4, 0.5) is 5.69 Å². The number of nitrogens with two attached hydrogens (primary N) is 1. The van der Waals surface area contributed by atoms with Crippen LogP contribution in [0.25, 0.3) is 0 Å². The summed E-state index contributed by atoms with van der Waals surface area (Å²) in [5, 5.41) is 0.224. The van der Waals surface area contributed by atoms with Crippen LogP contribution in [0.1, 0.15) is 32.3 Å². The molecule has 0 saturated heterocycles. The van der Waals surface area contributed by atoms with Crippen LogP contribution in [0.5, 0.6) is 0 Å². The van der Waals surface area contributed by atoms with E-state index in [4.69, 9.17) is 17.3 Å². The molecule has 0 spiro atoms. The Morgan fingerprint density at radius 3 is 2.47 bits per heavy atom. The van der Waals surface area contributed by atoms with Crippen molar-refractivity contribution in [2.75, 3.05) is 18.8 Å². The first-order valence-electron chi connectivity index (χ1n) is 6.40. The first-order chi connectivity index (χ1) is 8.84. The molecule has 1 rings (SSSR count). The molecule has 0 aliphatic heterocycles. The molecule has 4 nitrogen and oxygen atoms in total. The summed E-state index contributed by atoms with van der Waals surface area (Å²) in [5.41, 5.74) is 7.00. The largest absolute Gasteiger partial charge is 0.398 e. The molecule has 0 fully saturated rings. The number of hydrogen-bond acceptors (Lipinski definition) is 3. The quantitative estimate of drug-likeness (QED) is 0.822. The predicted octanol–water partition coefficient (Wildman–Crippen LogP) is 3.04. The molecule has 0 amide bonds. The molecule has 0 heterocycles. The first-order valence-corrected chi connectivity index (χ1v) is 8.22. The summed E-state index contributed by atoms with van der Waals surface area (Å²) in [6.07, 6.45) is 1.77. The van der Waals surface area contributed by atoms with Gasteiger partial charge in [-0.05, 0) is 31.0 Å². The highest BCUT2D eigenvalue weighted by molar-refractivity contribution is 7.89. The zero-order chi connectivity index (χ0) is 14.6. The lowest BCUT2D eigenvalue weighted by atomic mass is 10.2. The highest BCUT2D eigenvalue weighted by Gasteiger charge is 2.25. The van der Waals surface area contributed by atoms with Gasteiger partial charge in [0, 0.05) is 18.8 Å². The summed E-state index contributed by atoms with van der Waals surface area (Å²) < 4.78 is 26.5. The molecule has 1 aromatic rings. The van der Waals surface area contributed by atoms with Gasteiger partial charge in [0.25, 0.3) is 0 Å². The predicted molar refractivity (Wildman–Crippen MR) is 79.9 cm³/mol. The fraction of sp³-hybridized carbons (Fsp3) is 0.538. The summed E-state index contributed by atoms with van der Waals surface area (Å²) in [5.74, 6) is 0. The molecule has 0 bridgehead atoms. The van der Waals surface area contributed by atoms with Gasteiger partial charge in [-0.1, -0.05) is 31.9 Å². The topological polar surface area (TPSA) is 63.4 Å². The van der Waals surface area contributed by atoms with Gasteiger partial charge in [0.05, 0.1) is 5.02 Å². The molecule has 6 heteroatoms. The Kier molecular flexibility index (Phi) is 5.64. The van der Waals surface area contributed by atoms with Crippen molar-refractivity contribution < 1.29 is 8.42 Å². The lowest BCUT2D eigenvalue weighted by molar-refractivity contribution is 0.419. The van der Waals surface area contributed by atoms with E-state index < -0.39 is 10.0 Å². The molecule has 0 aromatic heterocycles. The lowest BCUT2D eigenvalue weighted by Crippen LogP contribution is -2.32. The van der Waals surface area contributed by atoms with Gasteiger partial charge >= 0.3 is 0 Å². The smallest absolute Gasteiger partial charge is 0.244 e. The summed E-state index contributed by atoms with van der Waals surface area (Å²) >= 11 is 6.06. The van der Waals surface area contributed by atoms with E-state index in [2.05, 4.69) is 0 Å². The first kappa shape index (κ1) is 16.3. The van der Waals surface area contributed by atoms with Crippen LogP contribution < -0.4 is 5.73 Å². The van der Waals surface area contributed by atoms with Crippen LogP contribution in [0.3, 0.4) is 0 Å². The van der Waals surface area contributed by atoms with Crippen molar-refractivity contribution in [3.8, 4) is 0 Å². The summed E-state index contributed by atoms with van der Waals surface area (Å²) in [4.78, 5) is 0.0928. The standard InChI is InChI=1S/C13H21ClN2O2S/c1-4-6-7-16(5-2)19(17,18)13-9-12(15)10(3)8-11(13)14/h8-9H,4-7,15H2,1-3H3. The number of rotatable bonds is 6. The van der Waals surface area contributed by atoms with Crippen LogP contribution in [-0.4, -0.2) is 25.8 Å². The van der Waals surface area contributed by atoms with Gasteiger partial charge < -0.3 is 5.73 Å². The van der Waals surface area contributed by atoms with Crippen LogP contribution in [0.15, 0.2) is 17.0 Å². The van der Waals surface area contributed by atoms with Gasteiger partial charge in [-0.15, -0.1) is 0 Å². The van der Waals surface area contributed by atoms with Crippen LogP contribution >= 0.6 is 11.6 Å². The van der Waals surface area contributed by atoms with E-state index in [1.807, 2.05) is 13.8 Å². The number of nitrogen functional groups attached to an aromatic ring is 1. The Bertz CT molecular complexity index is 544. The minimum absolute atomic E-state index is 0.0928. The number of benzene rings is 1. The van der Waals surface area contributed by atoms with E-state index in [-0.39, 0.29) is 9.92 Å². The molecule has 0 atom stereocenters. The van der Waals surface area contributed by atoms with Gasteiger partial charge in [0.15, 0.2) is 0 Å². The number of aryl methyl sites for hydroxylation is 1.